The number of aliphatic hydroxyl groups excluding tert-OH is 1. The first-order chi connectivity index (χ1) is 15.5. The average Bonchev–Trinajstić information content (AvgIpc) is 3.40. The van der Waals surface area contributed by atoms with Crippen molar-refractivity contribution in [1.82, 2.24) is 15.3 Å². The van der Waals surface area contributed by atoms with Gasteiger partial charge in [-0.1, -0.05) is 18.2 Å². The molecule has 0 bridgehead atoms. The van der Waals surface area contributed by atoms with Gasteiger partial charge in [-0.3, -0.25) is 4.79 Å². The number of carbonyl (C=O) groups is 1. The first kappa shape index (κ1) is 21.2. The normalized spacial score (nSPS) is 26.5. The molecule has 1 amide bonds. The molecule has 2 unspecified atom stereocenters. The van der Waals surface area contributed by atoms with Gasteiger partial charge in [-0.25, -0.2) is 4.98 Å². The van der Waals surface area contributed by atoms with E-state index in [0.29, 0.717) is 23.9 Å². The van der Waals surface area contributed by atoms with Crippen molar-refractivity contribution in [3.8, 4) is 0 Å². The minimum atomic E-state index is -0.243. The van der Waals surface area contributed by atoms with Crippen LogP contribution in [0.15, 0.2) is 24.4 Å². The van der Waals surface area contributed by atoms with Crippen LogP contribution in [-0.4, -0.2) is 46.2 Å². The summed E-state index contributed by atoms with van der Waals surface area (Å²) in [5, 5.41) is 16.3. The number of hydrogen-bond acceptors (Lipinski definition) is 6. The number of nitrogens with zero attached hydrogens (tertiary/aromatic N) is 3. The van der Waals surface area contributed by atoms with Gasteiger partial charge in [-0.2, -0.15) is 4.98 Å². The van der Waals surface area contributed by atoms with Crippen molar-refractivity contribution < 1.29 is 9.90 Å². The molecule has 2 heterocycles. The molecule has 170 valence electrons. The number of aliphatic hydroxyl groups is 1. The number of hydrogen-bond donors (Lipinski definition) is 3. The third-order valence-electron chi connectivity index (χ3n) is 7.35. The van der Waals surface area contributed by atoms with Crippen molar-refractivity contribution in [3.05, 3.63) is 46.6 Å². The van der Waals surface area contributed by atoms with Gasteiger partial charge in [0.15, 0.2) is 0 Å². The van der Waals surface area contributed by atoms with E-state index in [1.165, 1.54) is 17.5 Å². The predicted molar refractivity (Wildman–Crippen MR) is 125 cm³/mol. The van der Waals surface area contributed by atoms with Crippen LogP contribution in [0.3, 0.4) is 0 Å². The van der Waals surface area contributed by atoms with E-state index in [9.17, 15) is 9.90 Å². The Morgan fingerprint density at radius 3 is 2.59 bits per heavy atom. The topological polar surface area (TPSA) is 90.4 Å². The molecule has 7 nitrogen and oxygen atoms in total. The molecule has 1 saturated heterocycles. The zero-order chi connectivity index (χ0) is 22.2. The molecule has 2 aliphatic carbocycles. The monoisotopic (exact) mass is 435 g/mol. The van der Waals surface area contributed by atoms with Crippen LogP contribution >= 0.6 is 0 Å². The van der Waals surface area contributed by atoms with Gasteiger partial charge >= 0.3 is 0 Å². The van der Waals surface area contributed by atoms with Crippen molar-refractivity contribution in [2.75, 3.05) is 23.3 Å². The first-order valence-electron chi connectivity index (χ1n) is 11.9. The highest BCUT2D eigenvalue weighted by Crippen LogP contribution is 2.45. The van der Waals surface area contributed by atoms with Gasteiger partial charge in [0.05, 0.1) is 6.10 Å². The molecular formula is C25H33N5O2. The van der Waals surface area contributed by atoms with Crippen LogP contribution < -0.4 is 15.5 Å². The molecule has 0 spiro atoms. The minimum Gasteiger partial charge on any atom is -0.393 e. The number of aryl methyl sites for hydroxylation is 2. The van der Waals surface area contributed by atoms with Gasteiger partial charge in [-0.15, -0.1) is 0 Å². The molecule has 1 aromatic heterocycles. The van der Waals surface area contributed by atoms with Gasteiger partial charge < -0.3 is 20.6 Å². The average molecular weight is 436 g/mol. The van der Waals surface area contributed by atoms with Crippen molar-refractivity contribution in [2.45, 2.75) is 64.6 Å². The third-order valence-corrected chi connectivity index (χ3v) is 7.35. The minimum absolute atomic E-state index is 0.0869. The lowest BCUT2D eigenvalue weighted by atomic mass is 9.93. The van der Waals surface area contributed by atoms with Crippen molar-refractivity contribution in [2.24, 2.45) is 11.8 Å². The fraction of sp³-hybridized carbons (Fsp3) is 0.560. The highest BCUT2D eigenvalue weighted by atomic mass is 16.3. The summed E-state index contributed by atoms with van der Waals surface area (Å²) in [7, 11) is 0. The smallest absolute Gasteiger partial charge is 0.256 e. The zero-order valence-corrected chi connectivity index (χ0v) is 19.0. The largest absolute Gasteiger partial charge is 0.393 e. The number of aromatic nitrogens is 2. The van der Waals surface area contributed by atoms with Crippen LogP contribution in [0.4, 0.5) is 11.8 Å². The van der Waals surface area contributed by atoms with Crippen LogP contribution in [0.1, 0.15) is 59.2 Å². The molecule has 2 saturated carbocycles. The molecule has 3 aliphatic rings. The van der Waals surface area contributed by atoms with E-state index >= 15 is 0 Å². The second-order valence-corrected chi connectivity index (χ2v) is 9.84. The second kappa shape index (κ2) is 8.70. The molecule has 2 atom stereocenters. The summed E-state index contributed by atoms with van der Waals surface area (Å²) in [5.74, 6) is 2.72. The van der Waals surface area contributed by atoms with Crippen LogP contribution in [0.25, 0.3) is 0 Å². The number of anilines is 2. The summed E-state index contributed by atoms with van der Waals surface area (Å²) in [6.07, 6.45) is 5.81. The highest BCUT2D eigenvalue weighted by molar-refractivity contribution is 5.98. The Kier molecular flexibility index (Phi) is 5.76. The lowest BCUT2D eigenvalue weighted by Crippen LogP contribution is -2.39. The van der Waals surface area contributed by atoms with Gasteiger partial charge in [0.1, 0.15) is 11.4 Å². The van der Waals surface area contributed by atoms with E-state index in [2.05, 4.69) is 52.6 Å². The summed E-state index contributed by atoms with van der Waals surface area (Å²) in [6, 6.07) is 6.49. The van der Waals surface area contributed by atoms with E-state index in [1.54, 1.807) is 6.20 Å². The van der Waals surface area contributed by atoms with E-state index in [-0.39, 0.29) is 18.1 Å². The Labute approximate surface area is 189 Å². The molecule has 7 heteroatoms. The number of nitrogens with one attached hydrogen (secondary N) is 2. The Morgan fingerprint density at radius 1 is 1.12 bits per heavy atom. The van der Waals surface area contributed by atoms with E-state index < -0.39 is 0 Å². The third kappa shape index (κ3) is 4.58. The summed E-state index contributed by atoms with van der Waals surface area (Å²) >= 11 is 0. The Bertz CT molecular complexity index is 992. The van der Waals surface area contributed by atoms with Crippen molar-refractivity contribution in [1.29, 1.82) is 0 Å². The van der Waals surface area contributed by atoms with Gasteiger partial charge in [0.2, 0.25) is 5.95 Å². The SMILES string of the molecule is Cc1ccc(CNc2nc(N3CC4CC4C3)ncc2C(=O)NC2CCC(O)CC2)cc1C. The standard InChI is InChI=1S/C25H33N5O2/c1-15-3-4-17(9-16(15)2)11-26-23-22(24(32)28-20-5-7-21(31)8-6-20)12-27-25(29-23)30-13-18-10-19(18)14-30/h3-4,9,12,18-21,31H,5-8,10-11,13-14H2,1-2H3,(H,28,32)(H,26,27,29). The number of carbonyl (C=O) groups excluding carboxylic acids is 1. The van der Waals surface area contributed by atoms with E-state index in [1.807, 2.05) is 0 Å². The fourth-order valence-corrected chi connectivity index (χ4v) is 4.97. The Morgan fingerprint density at radius 2 is 1.88 bits per heavy atom. The van der Waals surface area contributed by atoms with E-state index in [0.717, 1.165) is 56.2 Å². The van der Waals surface area contributed by atoms with Crippen LogP contribution in [0, 0.1) is 25.7 Å². The van der Waals surface area contributed by atoms with Gasteiger partial charge in [0.25, 0.3) is 5.91 Å². The molecule has 1 aliphatic heterocycles. The summed E-state index contributed by atoms with van der Waals surface area (Å²) in [6.45, 7) is 6.84. The number of piperidine rings is 1. The maximum Gasteiger partial charge on any atom is 0.256 e. The van der Waals surface area contributed by atoms with Crippen molar-refractivity contribution >= 4 is 17.7 Å². The summed E-state index contributed by atoms with van der Waals surface area (Å²) in [4.78, 5) is 24.7. The Balaban J connectivity index is 1.34. The molecule has 3 fully saturated rings. The van der Waals surface area contributed by atoms with Crippen molar-refractivity contribution in [3.63, 3.8) is 0 Å². The molecule has 0 radical (unpaired) electrons. The Hall–Kier alpha value is -2.67. The molecule has 5 rings (SSSR count). The number of fused-ring (bicyclic) bond motifs is 1. The molecule has 3 N–H and O–H groups in total. The molecule has 2 aromatic rings. The maximum absolute atomic E-state index is 13.1. The number of rotatable bonds is 6. The highest BCUT2D eigenvalue weighted by Gasteiger charge is 2.46. The lowest BCUT2D eigenvalue weighted by Gasteiger charge is -2.26. The quantitative estimate of drug-likeness (QED) is 0.646. The summed E-state index contributed by atoms with van der Waals surface area (Å²) in [5.41, 5.74) is 4.15. The van der Waals surface area contributed by atoms with Crippen LogP contribution in [-0.2, 0) is 6.54 Å². The van der Waals surface area contributed by atoms with Gasteiger partial charge in [0, 0.05) is 31.9 Å². The predicted octanol–water partition coefficient (Wildman–Crippen LogP) is 3.19. The lowest BCUT2D eigenvalue weighted by molar-refractivity contribution is 0.0867. The number of amides is 1. The summed E-state index contributed by atoms with van der Waals surface area (Å²) < 4.78 is 0. The van der Waals surface area contributed by atoms with Crippen LogP contribution in [0.5, 0.6) is 0 Å². The zero-order valence-electron chi connectivity index (χ0n) is 19.0. The van der Waals surface area contributed by atoms with Crippen LogP contribution in [0.2, 0.25) is 0 Å². The number of benzene rings is 1. The molecule has 1 aromatic carbocycles. The fourth-order valence-electron chi connectivity index (χ4n) is 4.97. The maximum atomic E-state index is 13.1. The second-order valence-electron chi connectivity index (χ2n) is 9.84. The van der Waals surface area contributed by atoms with Gasteiger partial charge in [-0.05, 0) is 74.5 Å². The molecule has 32 heavy (non-hydrogen) atoms. The van der Waals surface area contributed by atoms with E-state index in [4.69, 9.17) is 4.98 Å². The molecular weight excluding hydrogens is 402 g/mol. The first-order valence-corrected chi connectivity index (χ1v) is 11.9.